The molecule has 3 rings (SSSR count). The third kappa shape index (κ3) is 4.45. The van der Waals surface area contributed by atoms with E-state index in [-0.39, 0.29) is 22.5 Å². The van der Waals surface area contributed by atoms with Gasteiger partial charge < -0.3 is 15.1 Å². The van der Waals surface area contributed by atoms with Gasteiger partial charge in [-0.1, -0.05) is 11.6 Å². The Labute approximate surface area is 152 Å². The average Bonchev–Trinajstić information content (AvgIpc) is 3.07. The van der Waals surface area contributed by atoms with Crippen molar-refractivity contribution in [2.45, 2.75) is 19.6 Å². The number of alkyl halides is 3. The number of nitrogens with one attached hydrogen (secondary N) is 2. The van der Waals surface area contributed by atoms with Gasteiger partial charge in [0.05, 0.1) is 24.1 Å². The number of hydrogen-bond acceptors (Lipinski definition) is 5. The molecule has 0 atom stereocenters. The molecule has 26 heavy (non-hydrogen) atoms. The van der Waals surface area contributed by atoms with Crippen LogP contribution in [0.2, 0.25) is 5.02 Å². The smallest absolute Gasteiger partial charge is 0.418 e. The van der Waals surface area contributed by atoms with Crippen molar-refractivity contribution in [2.75, 3.05) is 10.6 Å². The zero-order chi connectivity index (χ0) is 18.7. The third-order valence-electron chi connectivity index (χ3n) is 3.40. The number of hydrogen-bond donors (Lipinski definition) is 2. The molecule has 2 heterocycles. The first kappa shape index (κ1) is 18.1. The molecule has 0 radical (unpaired) electrons. The van der Waals surface area contributed by atoms with E-state index in [9.17, 15) is 13.2 Å². The zero-order valence-electron chi connectivity index (χ0n) is 13.6. The zero-order valence-corrected chi connectivity index (χ0v) is 14.3. The Kier molecular flexibility index (Phi) is 5.03. The minimum absolute atomic E-state index is 0.00236. The van der Waals surface area contributed by atoms with Crippen molar-refractivity contribution >= 4 is 29.1 Å². The fourth-order valence-corrected chi connectivity index (χ4v) is 2.46. The molecule has 2 aromatic heterocycles. The van der Waals surface area contributed by atoms with Crippen LogP contribution in [0.3, 0.4) is 0 Å². The van der Waals surface area contributed by atoms with Crippen LogP contribution in [0, 0.1) is 6.92 Å². The van der Waals surface area contributed by atoms with Gasteiger partial charge in [0.1, 0.15) is 11.6 Å². The summed E-state index contributed by atoms with van der Waals surface area (Å²) < 4.78 is 44.8. The van der Waals surface area contributed by atoms with Gasteiger partial charge in [0.2, 0.25) is 5.95 Å². The molecule has 9 heteroatoms. The molecule has 0 aliphatic heterocycles. The third-order valence-corrected chi connectivity index (χ3v) is 3.64. The maximum absolute atomic E-state index is 13.2. The second-order valence-electron chi connectivity index (χ2n) is 5.46. The second kappa shape index (κ2) is 7.25. The summed E-state index contributed by atoms with van der Waals surface area (Å²) in [6, 6.07) is 8.59. The molecule has 0 bridgehead atoms. The van der Waals surface area contributed by atoms with Gasteiger partial charge in [0.15, 0.2) is 0 Å². The first-order valence-electron chi connectivity index (χ1n) is 7.57. The Bertz CT molecular complexity index is 898. The standard InChI is InChI=1S/C17H14ClF3N4O/c1-10-7-15(25-16(23-10)22-9-12-3-2-6-26-12)24-14-5-4-11(18)8-13(14)17(19,20)21/h2-8H,9H2,1H3,(H2,22,23,24,25). The van der Waals surface area contributed by atoms with Crippen molar-refractivity contribution in [3.63, 3.8) is 0 Å². The van der Waals surface area contributed by atoms with E-state index < -0.39 is 11.7 Å². The first-order chi connectivity index (χ1) is 12.3. The van der Waals surface area contributed by atoms with Crippen LogP contribution in [0.5, 0.6) is 0 Å². The van der Waals surface area contributed by atoms with Crippen molar-refractivity contribution in [3.8, 4) is 0 Å². The van der Waals surface area contributed by atoms with E-state index in [1.165, 1.54) is 12.1 Å². The van der Waals surface area contributed by atoms with Crippen molar-refractivity contribution in [1.29, 1.82) is 0 Å². The van der Waals surface area contributed by atoms with Crippen molar-refractivity contribution < 1.29 is 17.6 Å². The van der Waals surface area contributed by atoms with Gasteiger partial charge in [0, 0.05) is 16.8 Å². The number of anilines is 3. The highest BCUT2D eigenvalue weighted by molar-refractivity contribution is 6.30. The average molecular weight is 383 g/mol. The number of nitrogens with zero attached hydrogens (tertiary/aromatic N) is 2. The molecule has 2 N–H and O–H groups in total. The number of aryl methyl sites for hydroxylation is 1. The van der Waals surface area contributed by atoms with Crippen molar-refractivity contribution in [1.82, 2.24) is 9.97 Å². The van der Waals surface area contributed by atoms with E-state index in [1.807, 2.05) is 0 Å². The van der Waals surface area contributed by atoms with Gasteiger partial charge in [0.25, 0.3) is 0 Å². The lowest BCUT2D eigenvalue weighted by Crippen LogP contribution is -2.10. The van der Waals surface area contributed by atoms with Crippen LogP contribution in [0.15, 0.2) is 47.1 Å². The highest BCUT2D eigenvalue weighted by Crippen LogP contribution is 2.37. The number of halogens is 4. The van der Waals surface area contributed by atoms with Crippen molar-refractivity contribution in [2.24, 2.45) is 0 Å². The maximum Gasteiger partial charge on any atom is 0.418 e. The molecule has 3 aromatic rings. The lowest BCUT2D eigenvalue weighted by molar-refractivity contribution is -0.136. The second-order valence-corrected chi connectivity index (χ2v) is 5.90. The Morgan fingerprint density at radius 3 is 2.65 bits per heavy atom. The van der Waals surface area contributed by atoms with E-state index in [4.69, 9.17) is 16.0 Å². The molecular formula is C17H14ClF3N4O. The Morgan fingerprint density at radius 2 is 1.96 bits per heavy atom. The Hall–Kier alpha value is -2.74. The molecule has 0 saturated carbocycles. The number of furan rings is 1. The van der Waals surface area contributed by atoms with E-state index in [1.54, 1.807) is 31.4 Å². The number of benzene rings is 1. The van der Waals surface area contributed by atoms with Gasteiger partial charge >= 0.3 is 6.18 Å². The molecular weight excluding hydrogens is 369 g/mol. The van der Waals surface area contributed by atoms with Crippen LogP contribution in [0.4, 0.5) is 30.6 Å². The van der Waals surface area contributed by atoms with Gasteiger partial charge in [-0.2, -0.15) is 18.2 Å². The summed E-state index contributed by atoms with van der Waals surface area (Å²) in [4.78, 5) is 8.41. The van der Waals surface area contributed by atoms with Crippen molar-refractivity contribution in [3.05, 3.63) is 64.7 Å². The molecule has 0 spiro atoms. The van der Waals surface area contributed by atoms with Crippen LogP contribution in [-0.4, -0.2) is 9.97 Å². The summed E-state index contributed by atoms with van der Waals surface area (Å²) in [5.41, 5.74) is -0.421. The van der Waals surface area contributed by atoms with E-state index in [0.717, 1.165) is 6.07 Å². The number of rotatable bonds is 5. The minimum atomic E-state index is -4.55. The van der Waals surface area contributed by atoms with Crippen LogP contribution in [0.25, 0.3) is 0 Å². The van der Waals surface area contributed by atoms with Crippen LogP contribution in [-0.2, 0) is 12.7 Å². The summed E-state index contributed by atoms with van der Waals surface area (Å²) in [6.45, 7) is 2.07. The SMILES string of the molecule is Cc1cc(Nc2ccc(Cl)cc2C(F)(F)F)nc(NCc2ccco2)n1. The lowest BCUT2D eigenvalue weighted by Gasteiger charge is -2.15. The van der Waals surface area contributed by atoms with Crippen LogP contribution < -0.4 is 10.6 Å². The topological polar surface area (TPSA) is 63.0 Å². The van der Waals surface area contributed by atoms with Gasteiger partial charge in [-0.3, -0.25) is 0 Å². The van der Waals surface area contributed by atoms with Gasteiger partial charge in [-0.15, -0.1) is 0 Å². The lowest BCUT2D eigenvalue weighted by atomic mass is 10.1. The van der Waals surface area contributed by atoms with Gasteiger partial charge in [-0.05, 0) is 37.3 Å². The highest BCUT2D eigenvalue weighted by Gasteiger charge is 2.34. The molecule has 5 nitrogen and oxygen atoms in total. The summed E-state index contributed by atoms with van der Waals surface area (Å²) in [5, 5.41) is 5.66. The molecule has 1 aromatic carbocycles. The maximum atomic E-state index is 13.2. The normalized spacial score (nSPS) is 11.4. The summed E-state index contributed by atoms with van der Waals surface area (Å²) in [5.74, 6) is 1.18. The van der Waals surface area contributed by atoms with Crippen LogP contribution in [0.1, 0.15) is 17.0 Å². The molecule has 0 fully saturated rings. The Balaban J connectivity index is 1.84. The Morgan fingerprint density at radius 1 is 1.15 bits per heavy atom. The largest absolute Gasteiger partial charge is 0.467 e. The minimum Gasteiger partial charge on any atom is -0.467 e. The van der Waals surface area contributed by atoms with E-state index in [2.05, 4.69) is 20.6 Å². The molecule has 0 aliphatic rings. The quantitative estimate of drug-likeness (QED) is 0.618. The fraction of sp³-hybridized carbons (Fsp3) is 0.176. The summed E-state index contributed by atoms with van der Waals surface area (Å²) >= 11 is 5.69. The molecule has 0 aliphatic carbocycles. The molecule has 136 valence electrons. The predicted octanol–water partition coefficient (Wildman–Crippen LogP) is 5.41. The molecule has 0 saturated heterocycles. The summed E-state index contributed by atoms with van der Waals surface area (Å²) in [7, 11) is 0. The van der Waals surface area contributed by atoms with E-state index in [0.29, 0.717) is 18.0 Å². The first-order valence-corrected chi connectivity index (χ1v) is 7.95. The fourth-order valence-electron chi connectivity index (χ4n) is 2.29. The molecule has 0 amide bonds. The summed E-state index contributed by atoms with van der Waals surface area (Å²) in [6.07, 6.45) is -3.00. The highest BCUT2D eigenvalue weighted by atomic mass is 35.5. The van der Waals surface area contributed by atoms with Crippen LogP contribution >= 0.6 is 11.6 Å². The van der Waals surface area contributed by atoms with E-state index >= 15 is 0 Å². The number of aromatic nitrogens is 2. The molecule has 0 unspecified atom stereocenters. The monoisotopic (exact) mass is 382 g/mol. The predicted molar refractivity (Wildman–Crippen MR) is 92.5 cm³/mol. The van der Waals surface area contributed by atoms with Gasteiger partial charge in [-0.25, -0.2) is 4.98 Å².